The van der Waals surface area contributed by atoms with Crippen molar-refractivity contribution in [3.8, 4) is 0 Å². The average molecular weight is 415 g/mol. The van der Waals surface area contributed by atoms with Gasteiger partial charge in [0, 0.05) is 35.8 Å². The van der Waals surface area contributed by atoms with Crippen LogP contribution in [0.3, 0.4) is 0 Å². The van der Waals surface area contributed by atoms with E-state index in [1.165, 1.54) is 0 Å². The van der Waals surface area contributed by atoms with Crippen molar-refractivity contribution in [2.45, 2.75) is 19.1 Å². The fourth-order valence-electron chi connectivity index (χ4n) is 2.31. The maximum atomic E-state index is 11.7. The van der Waals surface area contributed by atoms with E-state index in [4.69, 9.17) is 15.9 Å². The van der Waals surface area contributed by atoms with Crippen LogP contribution in [-0.4, -0.2) is 54.1 Å². The molecular weight excluding hydrogens is 390 g/mol. The number of H-pyrrole nitrogens is 1. The molecule has 0 aliphatic rings. The summed E-state index contributed by atoms with van der Waals surface area (Å²) in [7, 11) is -3.25. The van der Waals surface area contributed by atoms with Crippen LogP contribution in [0.15, 0.2) is 36.5 Å². The lowest BCUT2D eigenvalue weighted by Gasteiger charge is -2.05. The molecule has 2 rings (SSSR count). The Kier molecular flexibility index (Phi) is 10.7. The van der Waals surface area contributed by atoms with Gasteiger partial charge in [-0.15, -0.1) is 0 Å². The number of nitrogens with two attached hydrogens (primary N) is 1. The number of fused-ring (bicyclic) bond motifs is 1. The van der Waals surface area contributed by atoms with Crippen molar-refractivity contribution in [2.75, 3.05) is 13.1 Å². The van der Waals surface area contributed by atoms with Gasteiger partial charge in [-0.1, -0.05) is 13.0 Å². The van der Waals surface area contributed by atoms with E-state index in [0.717, 1.165) is 28.5 Å². The van der Waals surface area contributed by atoms with E-state index in [2.05, 4.69) is 9.71 Å². The zero-order valence-electron chi connectivity index (χ0n) is 15.3. The molecule has 0 aliphatic heterocycles. The number of carbonyl (C=O) groups is 2. The van der Waals surface area contributed by atoms with Crippen LogP contribution in [0.2, 0.25) is 0 Å². The Bertz CT molecular complexity index is 904. The lowest BCUT2D eigenvalue weighted by molar-refractivity contribution is -0.134. The minimum Gasteiger partial charge on any atom is -0.478 e. The van der Waals surface area contributed by atoms with Crippen LogP contribution < -0.4 is 10.5 Å². The van der Waals surface area contributed by atoms with Crippen molar-refractivity contribution in [2.24, 2.45) is 5.73 Å². The minimum absolute atomic E-state index is 0. The Morgan fingerprint density at radius 1 is 1.21 bits per heavy atom. The fourth-order valence-corrected chi connectivity index (χ4v) is 3.47. The standard InChI is InChI=1S/C13H19N3O2S.C4H4O4.H2O/c1-2-16-19(17,18)9-10-3-4-13-12(7-10)11(5-6-14)8-15-13;5-3(6)1-2-4(7)8;/h3-4,7-8,15-16H,2,5-6,9,14H2,1H3;1-2H,(H,5,6)(H,7,8);1H2/b;2-1-;. The molecule has 1 aromatic carbocycles. The molecule has 1 aromatic heterocycles. The third kappa shape index (κ3) is 8.77. The largest absolute Gasteiger partial charge is 0.478 e. The number of hydrogen-bond donors (Lipinski definition) is 5. The summed E-state index contributed by atoms with van der Waals surface area (Å²) in [5, 5.41) is 16.7. The van der Waals surface area contributed by atoms with Gasteiger partial charge in [0.15, 0.2) is 0 Å². The lowest BCUT2D eigenvalue weighted by Crippen LogP contribution is -2.24. The van der Waals surface area contributed by atoms with Crippen LogP contribution >= 0.6 is 0 Å². The second-order valence-electron chi connectivity index (χ2n) is 5.50. The minimum atomic E-state index is -3.25. The zero-order valence-corrected chi connectivity index (χ0v) is 16.1. The van der Waals surface area contributed by atoms with Crippen molar-refractivity contribution >= 4 is 32.9 Å². The van der Waals surface area contributed by atoms with E-state index in [1.807, 2.05) is 24.4 Å². The first kappa shape index (κ1) is 25.3. The highest BCUT2D eigenvalue weighted by atomic mass is 32.2. The molecular formula is C17H25N3O7S. The van der Waals surface area contributed by atoms with Gasteiger partial charge in [-0.2, -0.15) is 0 Å². The van der Waals surface area contributed by atoms with Crippen LogP contribution in [0, 0.1) is 0 Å². The Balaban J connectivity index is 0.000000694. The summed E-state index contributed by atoms with van der Waals surface area (Å²) in [5.74, 6) is -2.51. The summed E-state index contributed by atoms with van der Waals surface area (Å²) >= 11 is 0. The van der Waals surface area contributed by atoms with Crippen LogP contribution in [0.5, 0.6) is 0 Å². The first-order valence-electron chi connectivity index (χ1n) is 8.08. The SMILES string of the molecule is CCNS(=O)(=O)Cc1ccc2[nH]cc(CCN)c2c1.O.O=C(O)/C=C\C(=O)O. The molecule has 1 heterocycles. The van der Waals surface area contributed by atoms with Gasteiger partial charge >= 0.3 is 11.9 Å². The molecule has 11 heteroatoms. The highest BCUT2D eigenvalue weighted by Crippen LogP contribution is 2.21. The van der Waals surface area contributed by atoms with Crippen molar-refractivity contribution in [3.05, 3.63) is 47.7 Å². The molecule has 28 heavy (non-hydrogen) atoms. The molecule has 8 N–H and O–H groups in total. The molecule has 0 unspecified atom stereocenters. The van der Waals surface area contributed by atoms with E-state index in [9.17, 15) is 18.0 Å². The second-order valence-corrected chi connectivity index (χ2v) is 7.31. The molecule has 0 radical (unpaired) electrons. The molecule has 0 atom stereocenters. The predicted molar refractivity (Wildman–Crippen MR) is 105 cm³/mol. The predicted octanol–water partition coefficient (Wildman–Crippen LogP) is -0.00450. The Morgan fingerprint density at radius 3 is 2.32 bits per heavy atom. The van der Waals surface area contributed by atoms with E-state index in [0.29, 0.717) is 25.2 Å². The van der Waals surface area contributed by atoms with Crippen LogP contribution in [-0.2, 0) is 31.8 Å². The van der Waals surface area contributed by atoms with Gasteiger partial charge in [0.2, 0.25) is 10.0 Å². The first-order chi connectivity index (χ1) is 12.7. The smallest absolute Gasteiger partial charge is 0.328 e. The van der Waals surface area contributed by atoms with Crippen molar-refractivity contribution in [3.63, 3.8) is 0 Å². The average Bonchev–Trinajstić information content (AvgIpc) is 2.96. The van der Waals surface area contributed by atoms with Gasteiger partial charge < -0.3 is 26.4 Å². The number of rotatable bonds is 8. The van der Waals surface area contributed by atoms with Crippen LogP contribution in [0.4, 0.5) is 0 Å². The second kappa shape index (κ2) is 11.9. The molecule has 0 saturated carbocycles. The van der Waals surface area contributed by atoms with Crippen molar-refractivity contribution in [1.29, 1.82) is 0 Å². The maximum Gasteiger partial charge on any atom is 0.328 e. The molecule has 156 valence electrons. The summed E-state index contributed by atoms with van der Waals surface area (Å²) in [4.78, 5) is 22.3. The summed E-state index contributed by atoms with van der Waals surface area (Å²) in [6.07, 6.45) is 3.83. The number of hydrogen-bond acceptors (Lipinski definition) is 5. The number of aromatic amines is 1. The van der Waals surface area contributed by atoms with Crippen LogP contribution in [0.25, 0.3) is 10.9 Å². The summed E-state index contributed by atoms with van der Waals surface area (Å²) < 4.78 is 26.0. The molecule has 0 bridgehead atoms. The number of carboxylic acid groups (broad SMARTS) is 2. The number of nitrogens with one attached hydrogen (secondary N) is 2. The van der Waals surface area contributed by atoms with Gasteiger partial charge in [-0.25, -0.2) is 22.7 Å². The Hall–Kier alpha value is -2.73. The summed E-state index contributed by atoms with van der Waals surface area (Å²) in [6.45, 7) is 2.76. The van der Waals surface area contributed by atoms with Gasteiger partial charge in [0.1, 0.15) is 0 Å². The fraction of sp³-hybridized carbons (Fsp3) is 0.294. The Labute approximate surface area is 162 Å². The van der Waals surface area contributed by atoms with Gasteiger partial charge in [0.05, 0.1) is 5.75 Å². The van der Waals surface area contributed by atoms with Crippen molar-refractivity contribution in [1.82, 2.24) is 9.71 Å². The number of sulfonamides is 1. The van der Waals surface area contributed by atoms with E-state index >= 15 is 0 Å². The first-order valence-corrected chi connectivity index (χ1v) is 9.74. The van der Waals surface area contributed by atoms with Gasteiger partial charge in [-0.3, -0.25) is 0 Å². The molecule has 0 fully saturated rings. The normalized spacial score (nSPS) is 10.9. The number of benzene rings is 1. The van der Waals surface area contributed by atoms with Gasteiger partial charge in [0.25, 0.3) is 0 Å². The lowest BCUT2D eigenvalue weighted by atomic mass is 10.1. The number of carboxylic acids is 2. The van der Waals surface area contributed by atoms with E-state index in [1.54, 1.807) is 6.92 Å². The quantitative estimate of drug-likeness (QED) is 0.374. The Morgan fingerprint density at radius 2 is 1.82 bits per heavy atom. The van der Waals surface area contributed by atoms with Gasteiger partial charge in [-0.05, 0) is 36.2 Å². The highest BCUT2D eigenvalue weighted by Gasteiger charge is 2.11. The number of aliphatic carboxylic acids is 2. The highest BCUT2D eigenvalue weighted by molar-refractivity contribution is 7.88. The molecule has 2 aromatic rings. The zero-order chi connectivity index (χ0) is 20.4. The number of aromatic nitrogens is 1. The molecule has 0 aliphatic carbocycles. The third-order valence-corrected chi connectivity index (χ3v) is 4.78. The van der Waals surface area contributed by atoms with E-state index < -0.39 is 22.0 Å². The topological polar surface area (TPSA) is 194 Å². The molecule has 0 spiro atoms. The van der Waals surface area contributed by atoms with Crippen LogP contribution in [0.1, 0.15) is 18.1 Å². The summed E-state index contributed by atoms with van der Waals surface area (Å²) in [5.41, 5.74) is 8.49. The maximum absolute atomic E-state index is 11.7. The molecule has 0 saturated heterocycles. The third-order valence-electron chi connectivity index (χ3n) is 3.33. The monoisotopic (exact) mass is 415 g/mol. The summed E-state index contributed by atoms with van der Waals surface area (Å²) in [6, 6.07) is 5.66. The molecule has 0 amide bonds. The van der Waals surface area contributed by atoms with Crippen molar-refractivity contribution < 1.29 is 33.7 Å². The van der Waals surface area contributed by atoms with E-state index in [-0.39, 0.29) is 11.2 Å². The molecule has 10 nitrogen and oxygen atoms in total.